The summed E-state index contributed by atoms with van der Waals surface area (Å²) >= 11 is 0. The molecule has 42 heavy (non-hydrogen) atoms. The molecular formula is C34H38N4O3Si. The molecule has 0 bridgehead atoms. The number of hydrogen-bond acceptors (Lipinski definition) is 6. The molecule has 0 amide bonds. The van der Waals surface area contributed by atoms with Gasteiger partial charge in [-0.3, -0.25) is 4.98 Å². The first kappa shape index (κ1) is 29.4. The van der Waals surface area contributed by atoms with E-state index in [4.69, 9.17) is 14.1 Å². The van der Waals surface area contributed by atoms with Crippen LogP contribution in [0.3, 0.4) is 0 Å². The minimum Gasteiger partial charge on any atom is -0.462 e. The number of esters is 1. The summed E-state index contributed by atoms with van der Waals surface area (Å²) in [7, 11) is -2.91. The standard InChI is InChI=1S/C34H38N4O3Si/c1-7-38-32-28(22-36-38)30(25-19-24(3)20-35-21-25)31(33(39)40-8-2)29(37-32)23-41-42(34(4,5)6,26-15-11-9-12-16-26)27-17-13-10-14-18-27/h9-22H,7-8,23H2,1-6H3. The van der Waals surface area contributed by atoms with Gasteiger partial charge in [-0.1, -0.05) is 81.4 Å². The number of pyridine rings is 2. The van der Waals surface area contributed by atoms with E-state index in [0.29, 0.717) is 23.4 Å². The summed E-state index contributed by atoms with van der Waals surface area (Å²) in [5.74, 6) is -0.436. The van der Waals surface area contributed by atoms with Crippen LogP contribution in [0, 0.1) is 6.92 Å². The van der Waals surface area contributed by atoms with E-state index in [0.717, 1.165) is 32.5 Å². The van der Waals surface area contributed by atoms with Gasteiger partial charge in [0.1, 0.15) is 0 Å². The molecule has 7 nitrogen and oxygen atoms in total. The Hall–Kier alpha value is -4.14. The molecule has 8 heteroatoms. The molecule has 3 heterocycles. The monoisotopic (exact) mass is 578 g/mol. The van der Waals surface area contributed by atoms with Gasteiger partial charge >= 0.3 is 5.97 Å². The van der Waals surface area contributed by atoms with Gasteiger partial charge in [0.2, 0.25) is 0 Å². The van der Waals surface area contributed by atoms with Gasteiger partial charge in [-0.05, 0) is 47.8 Å². The lowest BCUT2D eigenvalue weighted by Crippen LogP contribution is -2.66. The Bertz CT molecular complexity index is 1660. The van der Waals surface area contributed by atoms with Gasteiger partial charge < -0.3 is 9.16 Å². The Morgan fingerprint density at radius 2 is 1.57 bits per heavy atom. The summed E-state index contributed by atoms with van der Waals surface area (Å²) in [5, 5.41) is 7.46. The molecule has 5 aromatic rings. The average Bonchev–Trinajstić information content (AvgIpc) is 3.40. The molecule has 0 saturated carbocycles. The first-order valence-corrected chi connectivity index (χ1v) is 16.3. The lowest BCUT2D eigenvalue weighted by Gasteiger charge is -2.43. The molecule has 0 unspecified atom stereocenters. The van der Waals surface area contributed by atoms with Crippen molar-refractivity contribution in [2.24, 2.45) is 0 Å². The number of nitrogens with zero attached hydrogens (tertiary/aromatic N) is 4. The van der Waals surface area contributed by atoms with Crippen molar-refractivity contribution < 1.29 is 14.0 Å². The highest BCUT2D eigenvalue weighted by Gasteiger charge is 2.50. The number of rotatable bonds is 9. The van der Waals surface area contributed by atoms with Crippen LogP contribution in [0.5, 0.6) is 0 Å². The highest BCUT2D eigenvalue weighted by atomic mass is 28.4. The van der Waals surface area contributed by atoms with Crippen molar-refractivity contribution in [3.8, 4) is 11.1 Å². The van der Waals surface area contributed by atoms with Crippen LogP contribution in [0.4, 0.5) is 0 Å². The Morgan fingerprint density at radius 3 is 2.12 bits per heavy atom. The van der Waals surface area contributed by atoms with Gasteiger partial charge in [0.15, 0.2) is 5.65 Å². The number of ether oxygens (including phenoxy) is 1. The van der Waals surface area contributed by atoms with Crippen molar-refractivity contribution in [3.05, 3.63) is 102 Å². The fourth-order valence-corrected chi connectivity index (χ4v) is 10.3. The maximum absolute atomic E-state index is 13.8. The third-order valence-electron chi connectivity index (χ3n) is 7.65. The van der Waals surface area contributed by atoms with Crippen molar-refractivity contribution in [1.29, 1.82) is 0 Å². The summed E-state index contributed by atoms with van der Waals surface area (Å²) in [6.45, 7) is 13.5. The number of fused-ring (bicyclic) bond motifs is 1. The fourth-order valence-electron chi connectivity index (χ4n) is 5.82. The lowest BCUT2D eigenvalue weighted by atomic mass is 9.96. The van der Waals surface area contributed by atoms with Gasteiger partial charge in [-0.2, -0.15) is 5.10 Å². The van der Waals surface area contributed by atoms with E-state index >= 15 is 0 Å². The van der Waals surface area contributed by atoms with Crippen molar-refractivity contribution >= 4 is 35.7 Å². The largest absolute Gasteiger partial charge is 0.462 e. The smallest absolute Gasteiger partial charge is 0.340 e. The highest BCUT2D eigenvalue weighted by Crippen LogP contribution is 2.39. The molecule has 0 aliphatic rings. The number of carbonyl (C=O) groups excluding carboxylic acids is 1. The second kappa shape index (κ2) is 12.0. The van der Waals surface area contributed by atoms with Gasteiger partial charge in [-0.25, -0.2) is 14.5 Å². The van der Waals surface area contributed by atoms with Crippen LogP contribution in [-0.4, -0.2) is 40.6 Å². The van der Waals surface area contributed by atoms with Crippen LogP contribution in [0.15, 0.2) is 85.3 Å². The molecule has 0 radical (unpaired) electrons. The number of hydrogen-bond donors (Lipinski definition) is 0. The molecule has 0 aliphatic carbocycles. The van der Waals surface area contributed by atoms with Gasteiger partial charge in [0.05, 0.1) is 30.7 Å². The minimum absolute atomic E-state index is 0.124. The Kier molecular flexibility index (Phi) is 8.38. The Morgan fingerprint density at radius 1 is 0.929 bits per heavy atom. The number of benzene rings is 2. The van der Waals surface area contributed by atoms with E-state index in [9.17, 15) is 4.79 Å². The van der Waals surface area contributed by atoms with Crippen molar-refractivity contribution in [2.75, 3.05) is 6.61 Å². The Balaban J connectivity index is 1.78. The molecule has 5 rings (SSSR count). The summed E-state index contributed by atoms with van der Waals surface area (Å²) in [4.78, 5) is 23.3. The van der Waals surface area contributed by atoms with Crippen LogP contribution in [0.1, 0.15) is 56.2 Å². The molecule has 216 valence electrons. The van der Waals surface area contributed by atoms with E-state index in [2.05, 4.69) is 79.4 Å². The van der Waals surface area contributed by atoms with Crippen LogP contribution >= 0.6 is 0 Å². The van der Waals surface area contributed by atoms with E-state index < -0.39 is 14.3 Å². The topological polar surface area (TPSA) is 79.1 Å². The van der Waals surface area contributed by atoms with Crippen molar-refractivity contribution in [1.82, 2.24) is 19.7 Å². The summed E-state index contributed by atoms with van der Waals surface area (Å²) in [5.41, 5.74) is 4.14. The fraction of sp³-hybridized carbons (Fsp3) is 0.294. The summed E-state index contributed by atoms with van der Waals surface area (Å²) in [6.07, 6.45) is 5.36. The minimum atomic E-state index is -2.91. The van der Waals surface area contributed by atoms with Gasteiger partial charge in [-0.15, -0.1) is 0 Å². The lowest BCUT2D eigenvalue weighted by molar-refractivity contribution is 0.0523. The Labute approximate surface area is 248 Å². The second-order valence-electron chi connectivity index (χ2n) is 11.4. The zero-order chi connectivity index (χ0) is 29.9. The van der Waals surface area contributed by atoms with E-state index in [-0.39, 0.29) is 18.3 Å². The van der Waals surface area contributed by atoms with Crippen LogP contribution in [0.25, 0.3) is 22.2 Å². The number of aryl methyl sites for hydroxylation is 2. The summed E-state index contributed by atoms with van der Waals surface area (Å²) < 4.78 is 14.7. The molecular weight excluding hydrogens is 540 g/mol. The van der Waals surface area contributed by atoms with E-state index in [1.807, 2.05) is 43.7 Å². The maximum Gasteiger partial charge on any atom is 0.340 e. The molecule has 2 aromatic carbocycles. The second-order valence-corrected chi connectivity index (χ2v) is 15.7. The first-order valence-electron chi connectivity index (χ1n) is 14.4. The molecule has 0 aliphatic heterocycles. The number of aromatic nitrogens is 4. The highest BCUT2D eigenvalue weighted by molar-refractivity contribution is 6.99. The average molecular weight is 579 g/mol. The third-order valence-corrected chi connectivity index (χ3v) is 12.6. The van der Waals surface area contributed by atoms with Crippen LogP contribution in [0.2, 0.25) is 5.04 Å². The maximum atomic E-state index is 13.8. The predicted molar refractivity (Wildman–Crippen MR) is 170 cm³/mol. The zero-order valence-corrected chi connectivity index (χ0v) is 26.2. The molecule has 0 N–H and O–H groups in total. The molecule has 0 fully saturated rings. The van der Waals surface area contributed by atoms with Crippen molar-refractivity contribution in [3.63, 3.8) is 0 Å². The van der Waals surface area contributed by atoms with Gasteiger partial charge in [0, 0.05) is 35.5 Å². The first-order chi connectivity index (χ1) is 20.2. The van der Waals surface area contributed by atoms with Gasteiger partial charge in [0.25, 0.3) is 8.32 Å². The summed E-state index contributed by atoms with van der Waals surface area (Å²) in [6, 6.07) is 23.0. The normalized spacial score (nSPS) is 12.0. The molecule has 0 saturated heterocycles. The zero-order valence-electron chi connectivity index (χ0n) is 25.2. The van der Waals surface area contributed by atoms with E-state index in [1.54, 1.807) is 18.6 Å². The molecule has 0 spiro atoms. The third kappa shape index (κ3) is 5.28. The van der Waals surface area contributed by atoms with Crippen LogP contribution in [-0.2, 0) is 22.3 Å². The number of carbonyl (C=O) groups is 1. The quantitative estimate of drug-likeness (QED) is 0.156. The van der Waals surface area contributed by atoms with E-state index in [1.165, 1.54) is 0 Å². The van der Waals surface area contributed by atoms with Crippen molar-refractivity contribution in [2.45, 2.75) is 59.7 Å². The molecule has 0 atom stereocenters. The molecule has 3 aromatic heterocycles. The van der Waals surface area contributed by atoms with Crippen LogP contribution < -0.4 is 10.4 Å². The predicted octanol–water partition coefficient (Wildman–Crippen LogP) is 6.07. The SMILES string of the molecule is CCOC(=O)c1c(CO[Si](c2ccccc2)(c2ccccc2)C(C)(C)C)nc2c(cnn2CC)c1-c1cncc(C)c1.